The molecule has 1 saturated carbocycles. The van der Waals surface area contributed by atoms with Gasteiger partial charge >= 0.3 is 0 Å². The number of carbonyl (C=O) groups excluding carboxylic acids is 1. The van der Waals surface area contributed by atoms with E-state index in [4.69, 9.17) is 9.47 Å². The summed E-state index contributed by atoms with van der Waals surface area (Å²) in [6.45, 7) is 1.21. The second-order valence-electron chi connectivity index (χ2n) is 7.63. The summed E-state index contributed by atoms with van der Waals surface area (Å²) in [6, 6.07) is 13.5. The Morgan fingerprint density at radius 1 is 1.13 bits per heavy atom. The Hall–Kier alpha value is -3.28. The molecule has 1 aromatic heterocycles. The topological polar surface area (TPSA) is 65.4 Å². The third-order valence-corrected chi connectivity index (χ3v) is 5.39. The first-order valence-corrected chi connectivity index (χ1v) is 10.4. The molecule has 0 spiro atoms. The first kappa shape index (κ1) is 20.0. The third-order valence-electron chi connectivity index (χ3n) is 5.39. The van der Waals surface area contributed by atoms with Crippen molar-refractivity contribution < 1.29 is 14.3 Å². The largest absolute Gasteiger partial charge is 0.493 e. The number of benzene rings is 2. The number of rotatable bonds is 8. The SMILES string of the molecule is COc1cc(C(=O)NCc2cccc(Cn3ccnc3)c2)ccc1OC1CCCC1. The van der Waals surface area contributed by atoms with Crippen molar-refractivity contribution in [3.8, 4) is 11.5 Å². The summed E-state index contributed by atoms with van der Waals surface area (Å²) in [5, 5.41) is 2.99. The van der Waals surface area contributed by atoms with E-state index in [0.717, 1.165) is 30.5 Å². The number of nitrogens with one attached hydrogen (secondary N) is 1. The average molecular weight is 405 g/mol. The van der Waals surface area contributed by atoms with Crippen molar-refractivity contribution in [2.75, 3.05) is 7.11 Å². The summed E-state index contributed by atoms with van der Waals surface area (Å²) in [7, 11) is 1.60. The summed E-state index contributed by atoms with van der Waals surface area (Å²) in [4.78, 5) is 16.7. The standard InChI is InChI=1S/C24H27N3O3/c1-29-23-14-20(9-10-22(23)30-21-7-2-3-8-21)24(28)26-15-18-5-4-6-19(13-18)16-27-12-11-25-17-27/h4-6,9-14,17,21H,2-3,7-8,15-16H2,1H3,(H,26,28). The molecule has 2 aromatic carbocycles. The molecule has 1 aliphatic rings. The van der Waals surface area contributed by atoms with Crippen LogP contribution < -0.4 is 14.8 Å². The van der Waals surface area contributed by atoms with Crippen LogP contribution in [0.3, 0.4) is 0 Å². The number of aromatic nitrogens is 2. The molecule has 1 heterocycles. The Bertz CT molecular complexity index is 979. The smallest absolute Gasteiger partial charge is 0.251 e. The maximum atomic E-state index is 12.7. The molecule has 0 atom stereocenters. The molecule has 1 fully saturated rings. The molecule has 0 saturated heterocycles. The van der Waals surface area contributed by atoms with E-state index in [1.165, 1.54) is 12.8 Å². The van der Waals surface area contributed by atoms with Gasteiger partial charge in [-0.05, 0) is 55.0 Å². The average Bonchev–Trinajstić information content (AvgIpc) is 3.47. The normalized spacial score (nSPS) is 13.9. The monoisotopic (exact) mass is 405 g/mol. The Morgan fingerprint density at radius 2 is 1.97 bits per heavy atom. The second kappa shape index (κ2) is 9.48. The molecule has 1 aliphatic carbocycles. The third kappa shape index (κ3) is 5.00. The summed E-state index contributed by atoms with van der Waals surface area (Å²) in [5.41, 5.74) is 2.77. The molecule has 0 aliphatic heterocycles. The van der Waals surface area contributed by atoms with Gasteiger partial charge in [-0.2, -0.15) is 0 Å². The molecule has 6 heteroatoms. The minimum Gasteiger partial charge on any atom is -0.493 e. The zero-order valence-electron chi connectivity index (χ0n) is 17.2. The van der Waals surface area contributed by atoms with Crippen LogP contribution in [0.15, 0.2) is 61.2 Å². The van der Waals surface area contributed by atoms with Crippen LogP contribution in [-0.4, -0.2) is 28.7 Å². The highest BCUT2D eigenvalue weighted by atomic mass is 16.5. The Kier molecular flexibility index (Phi) is 6.32. The van der Waals surface area contributed by atoms with Gasteiger partial charge in [-0.15, -0.1) is 0 Å². The first-order valence-electron chi connectivity index (χ1n) is 10.4. The molecule has 30 heavy (non-hydrogen) atoms. The first-order chi connectivity index (χ1) is 14.7. The van der Waals surface area contributed by atoms with Crippen LogP contribution in [-0.2, 0) is 13.1 Å². The minimum absolute atomic E-state index is 0.138. The summed E-state index contributed by atoms with van der Waals surface area (Å²) in [5.74, 6) is 1.16. The van der Waals surface area contributed by atoms with Gasteiger partial charge in [-0.3, -0.25) is 4.79 Å². The highest BCUT2D eigenvalue weighted by Gasteiger charge is 2.19. The zero-order valence-corrected chi connectivity index (χ0v) is 17.2. The number of ether oxygens (including phenoxy) is 2. The molecule has 156 valence electrons. The number of hydrogen-bond acceptors (Lipinski definition) is 4. The van der Waals surface area contributed by atoms with E-state index in [-0.39, 0.29) is 12.0 Å². The molecular formula is C24H27N3O3. The van der Waals surface area contributed by atoms with Crippen LogP contribution in [0.5, 0.6) is 11.5 Å². The van der Waals surface area contributed by atoms with Gasteiger partial charge in [0.1, 0.15) is 0 Å². The number of carbonyl (C=O) groups is 1. The zero-order chi connectivity index (χ0) is 20.8. The number of amides is 1. The molecule has 4 rings (SSSR count). The van der Waals surface area contributed by atoms with Crippen LogP contribution in [0.1, 0.15) is 47.2 Å². The van der Waals surface area contributed by atoms with Crippen LogP contribution in [0, 0.1) is 0 Å². The number of imidazole rings is 1. The maximum Gasteiger partial charge on any atom is 0.251 e. The lowest BCUT2D eigenvalue weighted by molar-refractivity contribution is 0.0950. The van der Waals surface area contributed by atoms with Gasteiger partial charge in [0, 0.05) is 31.0 Å². The second-order valence-corrected chi connectivity index (χ2v) is 7.63. The number of hydrogen-bond donors (Lipinski definition) is 1. The van der Waals surface area contributed by atoms with Crippen molar-refractivity contribution in [2.24, 2.45) is 0 Å². The van der Waals surface area contributed by atoms with Gasteiger partial charge in [0.05, 0.1) is 19.5 Å². The fourth-order valence-corrected chi connectivity index (χ4v) is 3.81. The lowest BCUT2D eigenvalue weighted by atomic mass is 10.1. The molecule has 0 radical (unpaired) electrons. The quantitative estimate of drug-likeness (QED) is 0.610. The summed E-state index contributed by atoms with van der Waals surface area (Å²) >= 11 is 0. The van der Waals surface area contributed by atoms with Crippen molar-refractivity contribution in [1.82, 2.24) is 14.9 Å². The highest BCUT2D eigenvalue weighted by Crippen LogP contribution is 2.32. The van der Waals surface area contributed by atoms with Crippen LogP contribution in [0.4, 0.5) is 0 Å². The maximum absolute atomic E-state index is 12.7. The van der Waals surface area contributed by atoms with Crippen LogP contribution >= 0.6 is 0 Å². The molecule has 3 aromatic rings. The van der Waals surface area contributed by atoms with E-state index in [0.29, 0.717) is 23.6 Å². The lowest BCUT2D eigenvalue weighted by Gasteiger charge is -2.16. The molecule has 1 N–H and O–H groups in total. The van der Waals surface area contributed by atoms with E-state index in [1.54, 1.807) is 31.8 Å². The van der Waals surface area contributed by atoms with Gasteiger partial charge in [0.25, 0.3) is 5.91 Å². The molecular weight excluding hydrogens is 378 g/mol. The fourth-order valence-electron chi connectivity index (χ4n) is 3.81. The molecule has 0 unspecified atom stereocenters. The van der Waals surface area contributed by atoms with Crippen molar-refractivity contribution >= 4 is 5.91 Å². The van der Waals surface area contributed by atoms with Crippen LogP contribution in [0.2, 0.25) is 0 Å². The minimum atomic E-state index is -0.138. The van der Waals surface area contributed by atoms with E-state index < -0.39 is 0 Å². The van der Waals surface area contributed by atoms with Crippen molar-refractivity contribution in [2.45, 2.75) is 44.9 Å². The number of nitrogens with zero attached hydrogens (tertiary/aromatic N) is 2. The van der Waals surface area contributed by atoms with E-state index in [9.17, 15) is 4.79 Å². The predicted octanol–water partition coefficient (Wildman–Crippen LogP) is 4.19. The van der Waals surface area contributed by atoms with Gasteiger partial charge in [-0.25, -0.2) is 4.98 Å². The Morgan fingerprint density at radius 3 is 2.73 bits per heavy atom. The van der Waals surface area contributed by atoms with Gasteiger partial charge in [-0.1, -0.05) is 24.3 Å². The Labute approximate surface area is 176 Å². The van der Waals surface area contributed by atoms with Crippen molar-refractivity contribution in [3.63, 3.8) is 0 Å². The highest BCUT2D eigenvalue weighted by molar-refractivity contribution is 5.94. The molecule has 0 bridgehead atoms. The van der Waals surface area contributed by atoms with E-state index >= 15 is 0 Å². The van der Waals surface area contributed by atoms with Crippen molar-refractivity contribution in [3.05, 3.63) is 77.9 Å². The van der Waals surface area contributed by atoms with E-state index in [1.807, 2.05) is 29.0 Å². The van der Waals surface area contributed by atoms with Gasteiger partial charge in [0.15, 0.2) is 11.5 Å². The Balaban J connectivity index is 1.37. The fraction of sp³-hybridized carbons (Fsp3) is 0.333. The number of methoxy groups -OCH3 is 1. The van der Waals surface area contributed by atoms with Gasteiger partial charge < -0.3 is 19.4 Å². The predicted molar refractivity (Wildman–Crippen MR) is 115 cm³/mol. The van der Waals surface area contributed by atoms with Gasteiger partial charge in [0.2, 0.25) is 0 Å². The van der Waals surface area contributed by atoms with Crippen LogP contribution in [0.25, 0.3) is 0 Å². The summed E-state index contributed by atoms with van der Waals surface area (Å²) < 4.78 is 13.5. The van der Waals surface area contributed by atoms with E-state index in [2.05, 4.69) is 22.4 Å². The lowest BCUT2D eigenvalue weighted by Crippen LogP contribution is -2.23. The summed E-state index contributed by atoms with van der Waals surface area (Å²) in [6.07, 6.45) is 10.3. The molecule has 6 nitrogen and oxygen atoms in total. The van der Waals surface area contributed by atoms with Crippen molar-refractivity contribution in [1.29, 1.82) is 0 Å². The molecule has 1 amide bonds.